The van der Waals surface area contributed by atoms with Crippen molar-refractivity contribution in [2.75, 3.05) is 70.2 Å². The lowest BCUT2D eigenvalue weighted by Gasteiger charge is -2.58. The van der Waals surface area contributed by atoms with E-state index in [2.05, 4.69) is 55.8 Å². The van der Waals surface area contributed by atoms with Gasteiger partial charge in [0.1, 0.15) is 16.5 Å². The number of carbonyl (C=O) groups excluding carboxylic acids is 1. The molecule has 72 heavy (non-hydrogen) atoms. The van der Waals surface area contributed by atoms with E-state index in [0.717, 1.165) is 57.0 Å². The first-order valence-corrected chi connectivity index (χ1v) is 26.7. The topological polar surface area (TPSA) is 177 Å². The number of alkyl halides is 2. The fourth-order valence-electron chi connectivity index (χ4n) is 11.6. The van der Waals surface area contributed by atoms with Gasteiger partial charge in [-0.3, -0.25) is 14.6 Å². The molecule has 15 nitrogen and oxygen atoms in total. The highest BCUT2D eigenvalue weighted by molar-refractivity contribution is 7.90. The van der Waals surface area contributed by atoms with E-state index in [0.29, 0.717) is 63.2 Å². The van der Waals surface area contributed by atoms with Crippen LogP contribution in [0.2, 0.25) is 0 Å². The molecule has 4 aromatic rings. The van der Waals surface area contributed by atoms with Gasteiger partial charge >= 0.3 is 0 Å². The summed E-state index contributed by atoms with van der Waals surface area (Å²) in [6.45, 7) is 9.71. The number of hydrogen-bond acceptors (Lipinski definition) is 13. The average Bonchev–Trinajstić information content (AvgIpc) is 3.70. The van der Waals surface area contributed by atoms with Crippen LogP contribution in [-0.4, -0.2) is 117 Å². The van der Waals surface area contributed by atoms with E-state index in [1.165, 1.54) is 49.6 Å². The van der Waals surface area contributed by atoms with E-state index in [9.17, 15) is 36.7 Å². The van der Waals surface area contributed by atoms with Crippen molar-refractivity contribution in [3.8, 4) is 17.4 Å². The second-order valence-electron chi connectivity index (χ2n) is 21.1. The Morgan fingerprint density at radius 2 is 1.75 bits per heavy atom. The number of hydroxylamine groups is 1. The molecule has 3 aliphatic carbocycles. The molecule has 4 fully saturated rings. The van der Waals surface area contributed by atoms with E-state index in [1.54, 1.807) is 12.1 Å². The summed E-state index contributed by atoms with van der Waals surface area (Å²) < 4.78 is 84.2. The van der Waals surface area contributed by atoms with Crippen molar-refractivity contribution in [3.63, 3.8) is 0 Å². The lowest BCUT2D eigenvalue weighted by molar-refractivity contribution is -0.751. The molecule has 5 aliphatic rings. The zero-order valence-corrected chi connectivity index (χ0v) is 42.5. The summed E-state index contributed by atoms with van der Waals surface area (Å²) in [4.78, 5) is 29.3. The molecule has 2 atom stereocenters. The van der Waals surface area contributed by atoms with Gasteiger partial charge in [0, 0.05) is 81.2 Å². The van der Waals surface area contributed by atoms with Crippen molar-refractivity contribution in [1.82, 2.24) is 24.5 Å². The summed E-state index contributed by atoms with van der Waals surface area (Å²) in [5.41, 5.74) is 3.19. The Morgan fingerprint density at radius 3 is 2.44 bits per heavy atom. The Kier molecular flexibility index (Phi) is 15.0. The number of halogens is 3. The molecular weight excluding hydrogens is 950 g/mol. The van der Waals surface area contributed by atoms with Crippen LogP contribution in [0.4, 0.5) is 30.4 Å². The number of nitrogens with zero attached hydrogens (tertiary/aromatic N) is 5. The Hall–Kier alpha value is -5.31. The van der Waals surface area contributed by atoms with Crippen LogP contribution in [0.1, 0.15) is 117 Å². The summed E-state index contributed by atoms with van der Waals surface area (Å²) in [7, 11) is -1.89. The quantitative estimate of drug-likeness (QED) is 0.0803. The molecule has 388 valence electrons. The monoisotopic (exact) mass is 1020 g/mol. The standard InChI is InChI=1S/C53H67F3N8O7S/c1-33(2)38-8-6-7-9-39(38)45-31-62(32-48(55)56)22-23-64(45)36-27-53(28-36)18-20-63(21-19-53)35-10-11-40(46(24-35)71-47-26-41-42(54)12-13-43(41)59-51(47)70-5)50(65)60-72(68,69)37-25-44(61(4)67)49(58-30-37)57-29-34-14-16-52(3,66)17-15-34/h6-12,24-26,30,33-34,36,45,48,61,66H,13-23,27-29,31-32H2,1-5H3,(H,57,58)(H,60,65)/t34-,45?,52-. The number of quaternary nitrogens is 1. The number of fused-ring (bicyclic) bond motifs is 1. The number of pyridine rings is 2. The van der Waals surface area contributed by atoms with Crippen LogP contribution < -0.4 is 29.5 Å². The van der Waals surface area contributed by atoms with Gasteiger partial charge in [0.05, 0.1) is 43.8 Å². The molecule has 1 spiro atoms. The molecule has 2 saturated carbocycles. The number of allylic oxidation sites excluding steroid dienone is 1. The number of ether oxygens (including phenoxy) is 2. The summed E-state index contributed by atoms with van der Waals surface area (Å²) in [6.07, 6.45) is 7.06. The molecule has 0 radical (unpaired) electrons. The van der Waals surface area contributed by atoms with Crippen LogP contribution in [0.5, 0.6) is 17.4 Å². The van der Waals surface area contributed by atoms with E-state index >= 15 is 0 Å². The molecule has 2 aromatic heterocycles. The summed E-state index contributed by atoms with van der Waals surface area (Å²) in [5, 5.41) is 26.0. The molecular formula is C53H67F3N8O7S. The SMILES string of the molecule is COc1nc2c(cc1Oc1cc(N3CCC4(CC3)CC(N3CCN(CC(F)F)CC3c3ccccc3C(C)C)C4)ccc1C(=O)NS(=O)(=O)c1cnc(NC[C@H]3CC[C@](C)(O)CC3)c([NH+](C)[O-])c1)C(F)=CC2. The molecule has 19 heteroatoms. The maximum atomic E-state index is 14.9. The molecule has 9 rings (SSSR count). The van der Waals surface area contributed by atoms with Crippen molar-refractivity contribution in [1.29, 1.82) is 0 Å². The normalized spacial score (nSPS) is 23.2. The fraction of sp³-hybridized carbons (Fsp3) is 0.528. The molecule has 4 heterocycles. The fourth-order valence-corrected chi connectivity index (χ4v) is 12.5. The van der Waals surface area contributed by atoms with Crippen molar-refractivity contribution in [2.24, 2.45) is 11.3 Å². The molecule has 1 amide bonds. The third-order valence-corrected chi connectivity index (χ3v) is 17.1. The first-order valence-electron chi connectivity index (χ1n) is 25.2. The zero-order valence-electron chi connectivity index (χ0n) is 41.7. The third kappa shape index (κ3) is 11.1. The molecule has 2 saturated heterocycles. The summed E-state index contributed by atoms with van der Waals surface area (Å²) >= 11 is 0. The number of benzene rings is 2. The van der Waals surface area contributed by atoms with Gasteiger partial charge < -0.3 is 35.1 Å². The van der Waals surface area contributed by atoms with E-state index in [1.807, 2.05) is 24.0 Å². The minimum atomic E-state index is -4.60. The number of aromatic nitrogens is 2. The van der Waals surface area contributed by atoms with Crippen LogP contribution in [0.15, 0.2) is 71.8 Å². The number of piperazine rings is 1. The van der Waals surface area contributed by atoms with Crippen LogP contribution >= 0.6 is 0 Å². The Morgan fingerprint density at radius 1 is 1.01 bits per heavy atom. The van der Waals surface area contributed by atoms with E-state index in [4.69, 9.17) is 9.47 Å². The highest BCUT2D eigenvalue weighted by atomic mass is 32.2. The second kappa shape index (κ2) is 20.9. The van der Waals surface area contributed by atoms with E-state index < -0.39 is 43.7 Å². The predicted octanol–water partition coefficient (Wildman–Crippen LogP) is 7.76. The van der Waals surface area contributed by atoms with Crippen LogP contribution in [0.25, 0.3) is 5.83 Å². The number of methoxy groups -OCH3 is 1. The summed E-state index contributed by atoms with van der Waals surface area (Å²) in [5.74, 6) is -0.679. The van der Waals surface area contributed by atoms with Crippen LogP contribution in [0.3, 0.4) is 0 Å². The van der Waals surface area contributed by atoms with Crippen molar-refractivity contribution < 1.29 is 46.0 Å². The smallest absolute Gasteiger partial charge is 0.268 e. The number of sulfonamides is 1. The molecule has 4 N–H and O–H groups in total. The lowest BCUT2D eigenvalue weighted by Crippen LogP contribution is -2.98. The molecule has 2 aliphatic heterocycles. The maximum absolute atomic E-state index is 14.9. The van der Waals surface area contributed by atoms with Gasteiger partial charge in [0.2, 0.25) is 0 Å². The van der Waals surface area contributed by atoms with Gasteiger partial charge in [-0.25, -0.2) is 36.3 Å². The zero-order chi connectivity index (χ0) is 51.1. The Bertz CT molecular complexity index is 2770. The van der Waals surface area contributed by atoms with Crippen LogP contribution in [-0.2, 0) is 16.4 Å². The van der Waals surface area contributed by atoms with Gasteiger partial charge in [0.15, 0.2) is 17.3 Å². The van der Waals surface area contributed by atoms with Crippen LogP contribution in [0, 0.1) is 16.5 Å². The first kappa shape index (κ1) is 51.6. The van der Waals surface area contributed by atoms with Gasteiger partial charge in [0.25, 0.3) is 28.2 Å². The number of piperidine rings is 1. The van der Waals surface area contributed by atoms with Gasteiger partial charge in [-0.2, -0.15) is 0 Å². The number of hydrogen-bond donors (Lipinski definition) is 4. The first-order chi connectivity index (χ1) is 34.3. The molecule has 2 aromatic carbocycles. The number of nitrogens with one attached hydrogen (secondary N) is 3. The van der Waals surface area contributed by atoms with Crippen molar-refractivity contribution in [3.05, 3.63) is 100 Å². The third-order valence-electron chi connectivity index (χ3n) is 15.8. The number of carbonyl (C=O) groups is 1. The molecule has 0 bridgehead atoms. The predicted molar refractivity (Wildman–Crippen MR) is 269 cm³/mol. The largest absolute Gasteiger partial charge is 0.629 e. The minimum absolute atomic E-state index is 0.0170. The van der Waals surface area contributed by atoms with Crippen molar-refractivity contribution >= 4 is 38.9 Å². The van der Waals surface area contributed by atoms with Gasteiger partial charge in [-0.15, -0.1) is 0 Å². The Labute approximate surface area is 420 Å². The van der Waals surface area contributed by atoms with E-state index in [-0.39, 0.29) is 70.4 Å². The minimum Gasteiger partial charge on any atom is -0.629 e. The summed E-state index contributed by atoms with van der Waals surface area (Å²) in [6, 6.07) is 16.3. The molecule has 2 unspecified atom stereocenters. The highest BCUT2D eigenvalue weighted by Crippen LogP contribution is 2.53. The number of aliphatic hydroxyl groups is 1. The number of rotatable bonds is 16. The average molecular weight is 1020 g/mol. The maximum Gasteiger partial charge on any atom is 0.268 e. The number of amides is 1. The highest BCUT2D eigenvalue weighted by Gasteiger charge is 2.50. The second-order valence-corrected chi connectivity index (χ2v) is 22.8. The number of anilines is 2. The van der Waals surface area contributed by atoms with Gasteiger partial charge in [-0.05, 0) is 111 Å². The van der Waals surface area contributed by atoms with Crippen molar-refractivity contribution in [2.45, 2.75) is 113 Å². The lowest BCUT2D eigenvalue weighted by atomic mass is 9.59. The Balaban J connectivity index is 0.924. The van der Waals surface area contributed by atoms with Gasteiger partial charge in [-0.1, -0.05) is 38.1 Å².